The quantitative estimate of drug-likeness (QED) is 0.799. The van der Waals surface area contributed by atoms with Crippen molar-refractivity contribution in [3.63, 3.8) is 0 Å². The maximum absolute atomic E-state index is 11.3. The van der Waals surface area contributed by atoms with Gasteiger partial charge in [0.15, 0.2) is 0 Å². The molecule has 0 aromatic heterocycles. The second-order valence-electron chi connectivity index (χ2n) is 3.35. The number of hydrogen-bond acceptors (Lipinski definition) is 4. The van der Waals surface area contributed by atoms with Gasteiger partial charge in [-0.25, -0.2) is 0 Å². The Bertz CT molecular complexity index is 340. The van der Waals surface area contributed by atoms with E-state index in [4.69, 9.17) is 15.6 Å². The number of aliphatic hydroxyl groups excluding tert-OH is 1. The zero-order chi connectivity index (χ0) is 12.0. The van der Waals surface area contributed by atoms with Gasteiger partial charge in [0.1, 0.15) is 12.6 Å². The molecule has 1 atom stereocenters. The molecule has 5 heteroatoms. The predicted octanol–water partition coefficient (Wildman–Crippen LogP) is 1.20. The third kappa shape index (κ3) is 4.30. The number of carbonyl (C=O) groups is 1. The standard InChI is InChI=1S/C11H14BrNO3/c12-9-3-1-8(2-4-9)7-16-11(15)10(13)5-6-14/h1-4,10,14H,5-7,13H2. The van der Waals surface area contributed by atoms with Gasteiger partial charge in [-0.3, -0.25) is 4.79 Å². The van der Waals surface area contributed by atoms with Crippen LogP contribution in [0, 0.1) is 0 Å². The Balaban J connectivity index is 2.39. The normalized spacial score (nSPS) is 12.2. The Morgan fingerprint density at radius 1 is 1.44 bits per heavy atom. The zero-order valence-electron chi connectivity index (χ0n) is 8.73. The van der Waals surface area contributed by atoms with Gasteiger partial charge < -0.3 is 15.6 Å². The van der Waals surface area contributed by atoms with Crippen LogP contribution in [0.5, 0.6) is 0 Å². The highest BCUT2D eigenvalue weighted by Gasteiger charge is 2.13. The molecule has 3 N–H and O–H groups in total. The summed E-state index contributed by atoms with van der Waals surface area (Å²) in [6.07, 6.45) is 0.221. The first-order valence-corrected chi connectivity index (χ1v) is 5.70. The molecule has 1 unspecified atom stereocenters. The molecule has 0 aliphatic rings. The van der Waals surface area contributed by atoms with Gasteiger partial charge in [0.2, 0.25) is 0 Å². The van der Waals surface area contributed by atoms with Gasteiger partial charge in [0, 0.05) is 11.1 Å². The summed E-state index contributed by atoms with van der Waals surface area (Å²) < 4.78 is 5.96. The summed E-state index contributed by atoms with van der Waals surface area (Å²) >= 11 is 3.31. The van der Waals surface area contributed by atoms with Crippen LogP contribution in [0.15, 0.2) is 28.7 Å². The predicted molar refractivity (Wildman–Crippen MR) is 63.6 cm³/mol. The van der Waals surface area contributed by atoms with Crippen molar-refractivity contribution >= 4 is 21.9 Å². The fraction of sp³-hybridized carbons (Fsp3) is 0.364. The minimum atomic E-state index is -0.750. The van der Waals surface area contributed by atoms with Gasteiger partial charge in [-0.2, -0.15) is 0 Å². The molecule has 88 valence electrons. The maximum atomic E-state index is 11.3. The first-order chi connectivity index (χ1) is 7.63. The van der Waals surface area contributed by atoms with E-state index >= 15 is 0 Å². The number of rotatable bonds is 5. The van der Waals surface area contributed by atoms with Gasteiger partial charge in [-0.05, 0) is 24.1 Å². The SMILES string of the molecule is NC(CCO)C(=O)OCc1ccc(Br)cc1. The van der Waals surface area contributed by atoms with E-state index in [-0.39, 0.29) is 19.6 Å². The van der Waals surface area contributed by atoms with Gasteiger partial charge in [-0.1, -0.05) is 28.1 Å². The number of nitrogens with two attached hydrogens (primary N) is 1. The molecule has 0 saturated carbocycles. The van der Waals surface area contributed by atoms with E-state index in [0.29, 0.717) is 0 Å². The molecular formula is C11H14BrNO3. The summed E-state index contributed by atoms with van der Waals surface area (Å²) in [5.74, 6) is -0.489. The fourth-order valence-electron chi connectivity index (χ4n) is 1.10. The lowest BCUT2D eigenvalue weighted by Gasteiger charge is -2.10. The van der Waals surface area contributed by atoms with Crippen molar-refractivity contribution in [3.05, 3.63) is 34.3 Å². The Morgan fingerprint density at radius 3 is 2.62 bits per heavy atom. The number of halogens is 1. The summed E-state index contributed by atoms with van der Waals surface area (Å²) in [5, 5.41) is 8.61. The second kappa shape index (κ2) is 6.62. The lowest BCUT2D eigenvalue weighted by atomic mass is 10.2. The minimum Gasteiger partial charge on any atom is -0.460 e. The first-order valence-electron chi connectivity index (χ1n) is 4.91. The zero-order valence-corrected chi connectivity index (χ0v) is 10.3. The number of benzene rings is 1. The summed E-state index contributed by atoms with van der Waals surface area (Å²) in [5.41, 5.74) is 6.37. The molecule has 1 rings (SSSR count). The molecule has 0 aliphatic carbocycles. The molecule has 4 nitrogen and oxygen atoms in total. The maximum Gasteiger partial charge on any atom is 0.323 e. The summed E-state index contributed by atoms with van der Waals surface area (Å²) in [4.78, 5) is 11.3. The lowest BCUT2D eigenvalue weighted by molar-refractivity contribution is -0.146. The highest BCUT2D eigenvalue weighted by atomic mass is 79.9. The van der Waals surface area contributed by atoms with E-state index in [2.05, 4.69) is 15.9 Å². The van der Waals surface area contributed by atoms with Crippen LogP contribution in [0.1, 0.15) is 12.0 Å². The van der Waals surface area contributed by atoms with Crippen LogP contribution in [0.2, 0.25) is 0 Å². The summed E-state index contributed by atoms with van der Waals surface area (Å²) in [6.45, 7) is 0.0831. The van der Waals surface area contributed by atoms with Crippen LogP contribution >= 0.6 is 15.9 Å². The fourth-order valence-corrected chi connectivity index (χ4v) is 1.36. The van der Waals surface area contributed by atoms with Crippen LogP contribution in [0.4, 0.5) is 0 Å². The van der Waals surface area contributed by atoms with E-state index < -0.39 is 12.0 Å². The number of esters is 1. The second-order valence-corrected chi connectivity index (χ2v) is 4.27. The van der Waals surface area contributed by atoms with E-state index in [1.54, 1.807) is 0 Å². The van der Waals surface area contributed by atoms with Crippen LogP contribution < -0.4 is 5.73 Å². The largest absolute Gasteiger partial charge is 0.460 e. The Morgan fingerprint density at radius 2 is 2.06 bits per heavy atom. The van der Waals surface area contributed by atoms with Crippen molar-refractivity contribution in [3.8, 4) is 0 Å². The van der Waals surface area contributed by atoms with Gasteiger partial charge in [-0.15, -0.1) is 0 Å². The molecule has 0 spiro atoms. The number of hydrogen-bond donors (Lipinski definition) is 2. The van der Waals surface area contributed by atoms with E-state index in [9.17, 15) is 4.79 Å². The van der Waals surface area contributed by atoms with E-state index in [1.807, 2.05) is 24.3 Å². The molecule has 0 saturated heterocycles. The van der Waals surface area contributed by atoms with Crippen LogP contribution in [0.3, 0.4) is 0 Å². The average Bonchev–Trinajstić information content (AvgIpc) is 2.28. The Kier molecular flexibility index (Phi) is 5.45. The number of ether oxygens (including phenoxy) is 1. The number of aliphatic hydroxyl groups is 1. The van der Waals surface area contributed by atoms with Crippen molar-refractivity contribution in [2.45, 2.75) is 19.1 Å². The molecular weight excluding hydrogens is 274 g/mol. The molecule has 1 aromatic rings. The van der Waals surface area contributed by atoms with Crippen molar-refractivity contribution in [1.82, 2.24) is 0 Å². The third-order valence-electron chi connectivity index (χ3n) is 2.04. The van der Waals surface area contributed by atoms with Crippen LogP contribution in [-0.4, -0.2) is 23.7 Å². The minimum absolute atomic E-state index is 0.117. The topological polar surface area (TPSA) is 72.5 Å². The molecule has 0 fully saturated rings. The molecule has 0 bridgehead atoms. The van der Waals surface area contributed by atoms with Crippen molar-refractivity contribution in [2.75, 3.05) is 6.61 Å². The first kappa shape index (κ1) is 13.2. The van der Waals surface area contributed by atoms with Crippen molar-refractivity contribution < 1.29 is 14.6 Å². The molecule has 0 heterocycles. The highest BCUT2D eigenvalue weighted by Crippen LogP contribution is 2.11. The van der Waals surface area contributed by atoms with Gasteiger partial charge in [0.25, 0.3) is 0 Å². The van der Waals surface area contributed by atoms with Gasteiger partial charge in [0.05, 0.1) is 0 Å². The number of carbonyl (C=O) groups excluding carboxylic acids is 1. The van der Waals surface area contributed by atoms with Crippen LogP contribution in [-0.2, 0) is 16.1 Å². The Hall–Kier alpha value is -0.910. The highest BCUT2D eigenvalue weighted by molar-refractivity contribution is 9.10. The monoisotopic (exact) mass is 287 g/mol. The molecule has 16 heavy (non-hydrogen) atoms. The lowest BCUT2D eigenvalue weighted by Crippen LogP contribution is -2.33. The molecule has 0 amide bonds. The molecule has 0 radical (unpaired) electrons. The van der Waals surface area contributed by atoms with Crippen LogP contribution in [0.25, 0.3) is 0 Å². The molecule has 0 aliphatic heterocycles. The van der Waals surface area contributed by atoms with Crippen molar-refractivity contribution in [1.29, 1.82) is 0 Å². The van der Waals surface area contributed by atoms with E-state index in [0.717, 1.165) is 10.0 Å². The van der Waals surface area contributed by atoms with E-state index in [1.165, 1.54) is 0 Å². The smallest absolute Gasteiger partial charge is 0.323 e. The molecule has 1 aromatic carbocycles. The average molecular weight is 288 g/mol. The summed E-state index contributed by atoms with van der Waals surface area (Å²) in [6, 6.07) is 6.71. The van der Waals surface area contributed by atoms with Gasteiger partial charge >= 0.3 is 5.97 Å². The summed E-state index contributed by atoms with van der Waals surface area (Å²) in [7, 11) is 0. The van der Waals surface area contributed by atoms with Crippen molar-refractivity contribution in [2.24, 2.45) is 5.73 Å². The Labute approximate surface area is 103 Å². The third-order valence-corrected chi connectivity index (χ3v) is 2.57.